The number of piperidine rings is 1. The van der Waals surface area contributed by atoms with E-state index in [-0.39, 0.29) is 39.9 Å². The third-order valence-corrected chi connectivity index (χ3v) is 8.33. The van der Waals surface area contributed by atoms with Gasteiger partial charge in [-0.3, -0.25) is 14.3 Å². The molecule has 0 aliphatic carbocycles. The van der Waals surface area contributed by atoms with Crippen molar-refractivity contribution < 1.29 is 13.6 Å². The number of benzene rings is 2. The van der Waals surface area contributed by atoms with E-state index < -0.39 is 23.0 Å². The van der Waals surface area contributed by atoms with Gasteiger partial charge in [-0.15, -0.1) is 0 Å². The van der Waals surface area contributed by atoms with Crippen molar-refractivity contribution in [2.75, 3.05) is 24.1 Å². The van der Waals surface area contributed by atoms with Crippen LogP contribution < -0.4 is 21.8 Å². The molecule has 1 aliphatic heterocycles. The molecule has 1 amide bonds. The highest BCUT2D eigenvalue weighted by Crippen LogP contribution is 2.33. The molecule has 0 unspecified atom stereocenters. The molecule has 0 saturated carbocycles. The number of hydrogen-bond acceptors (Lipinski definition) is 7. The fourth-order valence-electron chi connectivity index (χ4n) is 5.82. The van der Waals surface area contributed by atoms with E-state index in [0.717, 1.165) is 43.1 Å². The highest BCUT2D eigenvalue weighted by atomic mass is 19.1. The predicted molar refractivity (Wildman–Crippen MR) is 176 cm³/mol. The molecule has 2 aromatic carbocycles. The van der Waals surface area contributed by atoms with E-state index in [1.54, 1.807) is 32.3 Å². The maximum Gasteiger partial charge on any atom is 0.261 e. The van der Waals surface area contributed by atoms with Gasteiger partial charge in [0.05, 0.1) is 17.8 Å². The number of anilines is 2. The molecule has 1 fully saturated rings. The smallest absolute Gasteiger partial charge is 0.261 e. The summed E-state index contributed by atoms with van der Waals surface area (Å²) in [4.78, 5) is 31.4. The Labute approximate surface area is 269 Å². The van der Waals surface area contributed by atoms with Crippen molar-refractivity contribution >= 4 is 17.4 Å². The largest absolute Gasteiger partial charge is 0.383 e. The van der Waals surface area contributed by atoms with Gasteiger partial charge in [-0.1, -0.05) is 12.1 Å². The Balaban J connectivity index is 1.29. The third kappa shape index (κ3) is 6.25. The summed E-state index contributed by atoms with van der Waals surface area (Å²) >= 11 is 0. The second kappa shape index (κ2) is 13.0. The fourth-order valence-corrected chi connectivity index (χ4v) is 5.82. The molecule has 238 valence electrons. The number of nitrogens with one attached hydrogen (secondary N) is 2. The van der Waals surface area contributed by atoms with Crippen LogP contribution in [0.2, 0.25) is 0 Å². The maximum atomic E-state index is 15.6. The second-order valence-corrected chi connectivity index (χ2v) is 11.7. The molecule has 12 heteroatoms. The number of nitrogens with two attached hydrogens (primary N) is 1. The molecule has 1 saturated heterocycles. The quantitative estimate of drug-likeness (QED) is 0.201. The van der Waals surface area contributed by atoms with Gasteiger partial charge < -0.3 is 20.9 Å². The van der Waals surface area contributed by atoms with Crippen molar-refractivity contribution in [1.82, 2.24) is 24.6 Å². The van der Waals surface area contributed by atoms with Gasteiger partial charge in [-0.25, -0.2) is 13.8 Å². The van der Waals surface area contributed by atoms with Crippen LogP contribution >= 0.6 is 0 Å². The highest BCUT2D eigenvalue weighted by Gasteiger charge is 2.23. The summed E-state index contributed by atoms with van der Waals surface area (Å²) < 4.78 is 32.7. The Hall–Kier alpha value is -5.67. The van der Waals surface area contributed by atoms with E-state index in [4.69, 9.17) is 5.73 Å². The molecule has 3 aromatic heterocycles. The standard InChI is InChI=1S/C35H32F2N8O2/c1-20(2)44-19-29(33(46)32(31(44)15-38)21-3-5-24(36)6-4-21)35(47)43-25-7-8-27(30(37)14-25)28-13-22(16-41-34(28)39)23-17-42-45(18-23)26-9-11-40-12-10-26/h3-8,13-14,16-20,26,40H,9-12H2,1-2H3,(H2,39,41)(H,43,47). The molecule has 0 bridgehead atoms. The van der Waals surface area contributed by atoms with Crippen LogP contribution in [0.3, 0.4) is 0 Å². The molecule has 47 heavy (non-hydrogen) atoms. The summed E-state index contributed by atoms with van der Waals surface area (Å²) in [5, 5.41) is 20.4. The molecule has 1 aliphatic rings. The molecule has 10 nitrogen and oxygen atoms in total. The van der Waals surface area contributed by atoms with Crippen LogP contribution in [0, 0.1) is 23.0 Å². The third-order valence-electron chi connectivity index (χ3n) is 8.33. The first-order chi connectivity index (χ1) is 22.6. The molecular formula is C35H32F2N8O2. The normalized spacial score (nSPS) is 13.4. The van der Waals surface area contributed by atoms with Crippen molar-refractivity contribution in [3.8, 4) is 39.4 Å². The number of carbonyl (C=O) groups excluding carboxylic acids is 1. The summed E-state index contributed by atoms with van der Waals surface area (Å²) in [5.41, 5.74) is 7.73. The lowest BCUT2D eigenvalue weighted by Crippen LogP contribution is -2.29. The van der Waals surface area contributed by atoms with Gasteiger partial charge in [-0.05, 0) is 81.7 Å². The van der Waals surface area contributed by atoms with Gasteiger partial charge in [0.2, 0.25) is 5.43 Å². The van der Waals surface area contributed by atoms with E-state index in [9.17, 15) is 19.2 Å². The van der Waals surface area contributed by atoms with Gasteiger partial charge in [0.15, 0.2) is 0 Å². The lowest BCUT2D eigenvalue weighted by Gasteiger charge is -2.22. The topological polar surface area (TPSA) is 144 Å². The van der Waals surface area contributed by atoms with E-state index >= 15 is 4.39 Å². The minimum Gasteiger partial charge on any atom is -0.383 e. The zero-order chi connectivity index (χ0) is 33.2. The molecule has 6 rings (SSSR count). The number of nitriles is 1. The summed E-state index contributed by atoms with van der Waals surface area (Å²) in [6, 6.07) is 13.0. The Morgan fingerprint density at radius 3 is 2.45 bits per heavy atom. The fraction of sp³-hybridized carbons (Fsp3) is 0.229. The number of hydrogen-bond donors (Lipinski definition) is 3. The van der Waals surface area contributed by atoms with Gasteiger partial charge in [-0.2, -0.15) is 10.4 Å². The second-order valence-electron chi connectivity index (χ2n) is 11.7. The summed E-state index contributed by atoms with van der Waals surface area (Å²) in [6.45, 7) is 5.46. The average molecular weight is 635 g/mol. The summed E-state index contributed by atoms with van der Waals surface area (Å²) in [5.74, 6) is -1.83. The summed E-state index contributed by atoms with van der Waals surface area (Å²) in [6.07, 6.45) is 8.61. The lowest BCUT2D eigenvalue weighted by atomic mass is 10.00. The Kier molecular flexibility index (Phi) is 8.65. The predicted octanol–water partition coefficient (Wildman–Crippen LogP) is 5.93. The van der Waals surface area contributed by atoms with Crippen molar-refractivity contribution in [1.29, 1.82) is 5.26 Å². The number of aromatic nitrogens is 4. The zero-order valence-electron chi connectivity index (χ0n) is 25.8. The average Bonchev–Trinajstić information content (AvgIpc) is 3.56. The first-order valence-electron chi connectivity index (χ1n) is 15.2. The van der Waals surface area contributed by atoms with Crippen molar-refractivity contribution in [3.05, 3.63) is 106 Å². The van der Waals surface area contributed by atoms with Crippen molar-refractivity contribution in [2.24, 2.45) is 0 Å². The Bertz CT molecular complexity index is 2070. The van der Waals surface area contributed by atoms with Crippen LogP contribution in [0.4, 0.5) is 20.3 Å². The first kappa shape index (κ1) is 31.3. The molecule has 0 atom stereocenters. The zero-order valence-corrected chi connectivity index (χ0v) is 25.8. The highest BCUT2D eigenvalue weighted by molar-refractivity contribution is 6.05. The number of amides is 1. The monoisotopic (exact) mass is 634 g/mol. The minimum absolute atomic E-state index is 0.0282. The van der Waals surface area contributed by atoms with E-state index in [1.807, 2.05) is 16.9 Å². The first-order valence-corrected chi connectivity index (χ1v) is 15.2. The number of nitrogen functional groups attached to an aromatic ring is 1. The van der Waals surface area contributed by atoms with Gasteiger partial charge >= 0.3 is 0 Å². The van der Waals surface area contributed by atoms with Gasteiger partial charge in [0.25, 0.3) is 5.91 Å². The molecule has 4 heterocycles. The number of halogens is 2. The number of nitrogens with zero attached hydrogens (tertiary/aromatic N) is 5. The van der Waals surface area contributed by atoms with Crippen molar-refractivity contribution in [2.45, 2.75) is 38.8 Å². The minimum atomic E-state index is -0.793. The maximum absolute atomic E-state index is 15.6. The SMILES string of the molecule is CC(C)n1cc(C(=O)Nc2ccc(-c3cc(-c4cnn(C5CCNCC5)c4)cnc3N)c(F)c2)c(=O)c(-c2ccc(F)cc2)c1C#N. The Morgan fingerprint density at radius 2 is 1.77 bits per heavy atom. The van der Waals surface area contributed by atoms with E-state index in [2.05, 4.69) is 20.7 Å². The van der Waals surface area contributed by atoms with Crippen LogP contribution in [0.5, 0.6) is 0 Å². The van der Waals surface area contributed by atoms with Crippen LogP contribution in [0.1, 0.15) is 54.8 Å². The van der Waals surface area contributed by atoms with Crippen LogP contribution in [0.25, 0.3) is 33.4 Å². The van der Waals surface area contributed by atoms with Crippen LogP contribution in [-0.4, -0.2) is 38.3 Å². The number of carbonyl (C=O) groups is 1. The summed E-state index contributed by atoms with van der Waals surface area (Å²) in [7, 11) is 0. The van der Waals surface area contributed by atoms with Crippen LogP contribution in [0.15, 0.2) is 78.1 Å². The Morgan fingerprint density at radius 1 is 1.02 bits per heavy atom. The molecule has 0 radical (unpaired) electrons. The van der Waals surface area contributed by atoms with E-state index in [1.165, 1.54) is 47.2 Å². The molecule has 0 spiro atoms. The number of pyridine rings is 2. The molecular weight excluding hydrogens is 602 g/mol. The van der Waals surface area contributed by atoms with E-state index in [0.29, 0.717) is 17.2 Å². The lowest BCUT2D eigenvalue weighted by molar-refractivity contribution is 0.102. The van der Waals surface area contributed by atoms with Gasteiger partial charge in [0, 0.05) is 52.6 Å². The van der Waals surface area contributed by atoms with Gasteiger partial charge in [0.1, 0.15) is 34.8 Å². The number of rotatable bonds is 7. The van der Waals surface area contributed by atoms with Crippen molar-refractivity contribution in [3.63, 3.8) is 0 Å². The molecule has 4 N–H and O–H groups in total. The van der Waals surface area contributed by atoms with Crippen LogP contribution in [-0.2, 0) is 0 Å². The molecule has 5 aromatic rings.